The molecule has 6 rings (SSSR count). The lowest BCUT2D eigenvalue weighted by atomic mass is 10.0. The zero-order valence-corrected chi connectivity index (χ0v) is 24.5. The molecule has 3 aromatic carbocycles. The summed E-state index contributed by atoms with van der Waals surface area (Å²) >= 11 is 0. The molecule has 0 atom stereocenters. The van der Waals surface area contributed by atoms with E-state index in [1.807, 2.05) is 26.8 Å². The SMILES string of the molecule is CC.Cc1cc(C(N)=O)nn1-c1ccc2c(ccn2Cc2ccc(-c3ccc(CN4CCN(C)CC4)cc3)cc2)c1. The summed E-state index contributed by atoms with van der Waals surface area (Å²) in [6.45, 7) is 12.3. The zero-order chi connectivity index (χ0) is 28.9. The van der Waals surface area contributed by atoms with E-state index >= 15 is 0 Å². The zero-order valence-electron chi connectivity index (χ0n) is 24.5. The van der Waals surface area contributed by atoms with Crippen LogP contribution in [0.2, 0.25) is 0 Å². The molecule has 7 heteroatoms. The van der Waals surface area contributed by atoms with Gasteiger partial charge >= 0.3 is 0 Å². The minimum absolute atomic E-state index is 0.273. The van der Waals surface area contributed by atoms with Crippen molar-refractivity contribution in [2.75, 3.05) is 33.2 Å². The average Bonchev–Trinajstić information content (AvgIpc) is 3.59. The molecule has 1 saturated heterocycles. The fourth-order valence-corrected chi connectivity index (χ4v) is 5.38. The van der Waals surface area contributed by atoms with Gasteiger partial charge < -0.3 is 15.2 Å². The molecule has 0 unspecified atom stereocenters. The van der Waals surface area contributed by atoms with Gasteiger partial charge in [-0.15, -0.1) is 0 Å². The lowest BCUT2D eigenvalue weighted by molar-refractivity contribution is 0.0995. The number of aryl methyl sites for hydroxylation is 1. The number of benzene rings is 3. The molecule has 0 aliphatic carbocycles. The highest BCUT2D eigenvalue weighted by molar-refractivity contribution is 5.91. The van der Waals surface area contributed by atoms with Gasteiger partial charge in [-0.25, -0.2) is 4.68 Å². The van der Waals surface area contributed by atoms with Gasteiger partial charge in [0.15, 0.2) is 5.69 Å². The van der Waals surface area contributed by atoms with Crippen molar-refractivity contribution in [2.24, 2.45) is 5.73 Å². The highest BCUT2D eigenvalue weighted by atomic mass is 16.1. The van der Waals surface area contributed by atoms with E-state index in [1.54, 1.807) is 10.7 Å². The molecule has 3 heterocycles. The van der Waals surface area contributed by atoms with E-state index in [1.165, 1.54) is 22.3 Å². The van der Waals surface area contributed by atoms with Crippen molar-refractivity contribution in [3.05, 3.63) is 108 Å². The van der Waals surface area contributed by atoms with Gasteiger partial charge in [0.1, 0.15) is 0 Å². The van der Waals surface area contributed by atoms with E-state index in [0.29, 0.717) is 0 Å². The molecule has 212 valence electrons. The minimum Gasteiger partial charge on any atom is -0.364 e. The van der Waals surface area contributed by atoms with Crippen molar-refractivity contribution in [1.29, 1.82) is 0 Å². The predicted molar refractivity (Wildman–Crippen MR) is 167 cm³/mol. The number of hydrogen-bond acceptors (Lipinski definition) is 4. The van der Waals surface area contributed by atoms with Crippen LogP contribution in [0.15, 0.2) is 85.1 Å². The number of fused-ring (bicyclic) bond motifs is 1. The first-order valence-electron chi connectivity index (χ1n) is 14.5. The van der Waals surface area contributed by atoms with E-state index < -0.39 is 5.91 Å². The van der Waals surface area contributed by atoms with Crippen LogP contribution in [0.3, 0.4) is 0 Å². The normalized spacial score (nSPS) is 14.1. The van der Waals surface area contributed by atoms with E-state index in [4.69, 9.17) is 5.73 Å². The molecule has 7 nitrogen and oxygen atoms in total. The van der Waals surface area contributed by atoms with Crippen LogP contribution in [-0.4, -0.2) is 63.3 Å². The summed E-state index contributed by atoms with van der Waals surface area (Å²) in [7, 11) is 2.20. The summed E-state index contributed by atoms with van der Waals surface area (Å²) in [6.07, 6.45) is 2.12. The molecule has 0 bridgehead atoms. The number of piperazine rings is 1. The molecule has 2 aromatic heterocycles. The van der Waals surface area contributed by atoms with Gasteiger partial charge in [0.2, 0.25) is 0 Å². The van der Waals surface area contributed by atoms with Gasteiger partial charge in [-0.3, -0.25) is 9.69 Å². The minimum atomic E-state index is -0.520. The number of likely N-dealkylation sites (N-methyl/N-ethyl adjacent to an activating group) is 1. The Morgan fingerprint density at radius 3 is 2.00 bits per heavy atom. The summed E-state index contributed by atoms with van der Waals surface area (Å²) in [5.74, 6) is -0.520. The number of nitrogens with two attached hydrogens (primary N) is 1. The van der Waals surface area contributed by atoms with Crippen molar-refractivity contribution >= 4 is 16.8 Å². The molecule has 1 aliphatic rings. The monoisotopic (exact) mass is 548 g/mol. The molecule has 1 amide bonds. The Labute approximate surface area is 242 Å². The van der Waals surface area contributed by atoms with Crippen LogP contribution in [0.1, 0.15) is 41.2 Å². The van der Waals surface area contributed by atoms with Crippen molar-refractivity contribution in [1.82, 2.24) is 24.1 Å². The molecule has 41 heavy (non-hydrogen) atoms. The van der Waals surface area contributed by atoms with Crippen LogP contribution in [0.4, 0.5) is 0 Å². The topological polar surface area (TPSA) is 72.3 Å². The number of amides is 1. The second kappa shape index (κ2) is 12.5. The van der Waals surface area contributed by atoms with E-state index in [-0.39, 0.29) is 5.69 Å². The first kappa shape index (κ1) is 28.3. The van der Waals surface area contributed by atoms with Crippen molar-refractivity contribution in [2.45, 2.75) is 33.9 Å². The lowest BCUT2D eigenvalue weighted by Gasteiger charge is -2.32. The number of primary amides is 1. The Morgan fingerprint density at radius 1 is 0.805 bits per heavy atom. The van der Waals surface area contributed by atoms with Crippen LogP contribution in [0.25, 0.3) is 27.7 Å². The van der Waals surface area contributed by atoms with Gasteiger partial charge in [0, 0.05) is 62.1 Å². The fraction of sp³-hybridized carbons (Fsp3) is 0.294. The van der Waals surface area contributed by atoms with Gasteiger partial charge in [0.25, 0.3) is 5.91 Å². The number of hydrogen-bond donors (Lipinski definition) is 1. The molecule has 1 aliphatic heterocycles. The van der Waals surface area contributed by atoms with E-state index in [0.717, 1.165) is 61.6 Å². The Balaban J connectivity index is 0.00000165. The second-order valence-corrected chi connectivity index (χ2v) is 10.6. The van der Waals surface area contributed by atoms with Crippen LogP contribution in [0.5, 0.6) is 0 Å². The largest absolute Gasteiger partial charge is 0.364 e. The highest BCUT2D eigenvalue weighted by Crippen LogP contribution is 2.24. The third-order valence-corrected chi connectivity index (χ3v) is 7.74. The lowest BCUT2D eigenvalue weighted by Crippen LogP contribution is -2.43. The Kier molecular flexibility index (Phi) is 8.67. The summed E-state index contributed by atoms with van der Waals surface area (Å²) in [6, 6.07) is 27.9. The molecule has 1 fully saturated rings. The third-order valence-electron chi connectivity index (χ3n) is 7.74. The Hall–Kier alpha value is -4.20. The van der Waals surface area contributed by atoms with Gasteiger partial charge in [-0.05, 0) is 66.6 Å². The smallest absolute Gasteiger partial charge is 0.269 e. The molecule has 5 aromatic rings. The predicted octanol–water partition coefficient (Wildman–Crippen LogP) is 5.72. The van der Waals surface area contributed by atoms with Crippen LogP contribution in [-0.2, 0) is 13.1 Å². The van der Waals surface area contributed by atoms with Gasteiger partial charge in [-0.2, -0.15) is 5.10 Å². The van der Waals surface area contributed by atoms with Gasteiger partial charge in [-0.1, -0.05) is 62.4 Å². The fourth-order valence-electron chi connectivity index (χ4n) is 5.38. The quantitative estimate of drug-likeness (QED) is 0.282. The molecular formula is C34H40N6O. The summed E-state index contributed by atoms with van der Waals surface area (Å²) in [4.78, 5) is 16.4. The standard InChI is InChI=1S/C32H34N6O.C2H6/c1-23-19-30(32(33)39)34-38(23)29-11-12-31-28(20-29)13-14-37(31)22-25-5-9-27(10-6-25)26-7-3-24(4-8-26)21-36-17-15-35(2)16-18-36;1-2/h3-14,19-20H,15-18,21-22H2,1-2H3,(H2,33,39);1-2H3. The third kappa shape index (κ3) is 6.42. The van der Waals surface area contributed by atoms with Crippen LogP contribution < -0.4 is 5.73 Å². The van der Waals surface area contributed by atoms with Crippen molar-refractivity contribution < 1.29 is 4.79 Å². The van der Waals surface area contributed by atoms with Crippen molar-refractivity contribution in [3.63, 3.8) is 0 Å². The maximum atomic E-state index is 11.5. The first-order chi connectivity index (χ1) is 19.9. The molecule has 2 N–H and O–H groups in total. The molecule has 0 radical (unpaired) electrons. The van der Waals surface area contributed by atoms with E-state index in [9.17, 15) is 4.79 Å². The number of aromatic nitrogens is 3. The summed E-state index contributed by atoms with van der Waals surface area (Å²) in [5.41, 5.74) is 13.7. The van der Waals surface area contributed by atoms with Crippen LogP contribution >= 0.6 is 0 Å². The highest BCUT2D eigenvalue weighted by Gasteiger charge is 2.14. The molecule has 0 saturated carbocycles. The van der Waals surface area contributed by atoms with E-state index in [2.05, 4.69) is 99.4 Å². The summed E-state index contributed by atoms with van der Waals surface area (Å²) < 4.78 is 4.01. The first-order valence-corrected chi connectivity index (χ1v) is 14.5. The summed E-state index contributed by atoms with van der Waals surface area (Å²) in [5, 5.41) is 5.48. The Morgan fingerprint density at radius 2 is 1.41 bits per heavy atom. The molecular weight excluding hydrogens is 508 g/mol. The van der Waals surface area contributed by atoms with Crippen LogP contribution in [0, 0.1) is 6.92 Å². The maximum Gasteiger partial charge on any atom is 0.269 e. The van der Waals surface area contributed by atoms with Crippen molar-refractivity contribution in [3.8, 4) is 16.8 Å². The number of carbonyl (C=O) groups excluding carboxylic acids is 1. The average molecular weight is 549 g/mol. The number of carbonyl (C=O) groups is 1. The number of rotatable bonds is 7. The Bertz CT molecular complexity index is 1610. The second-order valence-electron chi connectivity index (χ2n) is 10.6. The molecule has 0 spiro atoms. The maximum absolute atomic E-state index is 11.5. The van der Waals surface area contributed by atoms with Gasteiger partial charge in [0.05, 0.1) is 5.69 Å². The number of nitrogens with zero attached hydrogens (tertiary/aromatic N) is 5.